The van der Waals surface area contributed by atoms with Gasteiger partial charge < -0.3 is 9.88 Å². The van der Waals surface area contributed by atoms with E-state index in [0.717, 1.165) is 26.4 Å². The molecule has 4 aromatic rings. The van der Waals surface area contributed by atoms with Crippen molar-refractivity contribution in [1.29, 1.82) is 0 Å². The number of hydrogen-bond acceptors (Lipinski definition) is 5. The van der Waals surface area contributed by atoms with Gasteiger partial charge in [0.1, 0.15) is 0 Å². The van der Waals surface area contributed by atoms with E-state index >= 15 is 0 Å². The van der Waals surface area contributed by atoms with E-state index in [-0.39, 0.29) is 5.91 Å². The van der Waals surface area contributed by atoms with Crippen molar-refractivity contribution in [3.05, 3.63) is 48.0 Å². The number of fused-ring (bicyclic) bond motifs is 2. The van der Waals surface area contributed by atoms with Crippen molar-refractivity contribution in [2.75, 3.05) is 11.1 Å². The fraction of sp³-hybridized carbons (Fsp3) is 0.167. The third kappa shape index (κ3) is 3.25. The van der Waals surface area contributed by atoms with E-state index in [2.05, 4.69) is 21.4 Å². The second-order valence-corrected chi connectivity index (χ2v) is 7.74. The minimum atomic E-state index is -0.0761. The second-order valence-electron chi connectivity index (χ2n) is 5.77. The summed E-state index contributed by atoms with van der Waals surface area (Å²) in [5.41, 5.74) is 4.10. The average molecular weight is 368 g/mol. The van der Waals surface area contributed by atoms with E-state index in [1.807, 2.05) is 54.9 Å². The molecule has 2 aromatic heterocycles. The zero-order valence-electron chi connectivity index (χ0n) is 13.8. The number of aryl methyl sites for hydroxylation is 2. The summed E-state index contributed by atoms with van der Waals surface area (Å²) in [6.45, 7) is 2.05. The van der Waals surface area contributed by atoms with Crippen molar-refractivity contribution >= 4 is 55.4 Å². The summed E-state index contributed by atoms with van der Waals surface area (Å²) in [5.74, 6) is 0.222. The number of hydrogen-bond donors (Lipinski definition) is 1. The molecule has 7 heteroatoms. The van der Waals surface area contributed by atoms with Crippen LogP contribution >= 0.6 is 23.1 Å². The van der Waals surface area contributed by atoms with Gasteiger partial charge in [0.2, 0.25) is 5.91 Å². The lowest BCUT2D eigenvalue weighted by atomic mass is 10.2. The minimum absolute atomic E-state index is 0.0761. The first-order valence-corrected chi connectivity index (χ1v) is 9.62. The Morgan fingerprint density at radius 1 is 1.20 bits per heavy atom. The first kappa shape index (κ1) is 16.1. The number of nitrogens with zero attached hydrogens (tertiary/aromatic N) is 3. The van der Waals surface area contributed by atoms with Crippen LogP contribution in [0.2, 0.25) is 0 Å². The first-order chi connectivity index (χ1) is 12.1. The topological polar surface area (TPSA) is 59.8 Å². The maximum absolute atomic E-state index is 12.3. The molecule has 1 amide bonds. The van der Waals surface area contributed by atoms with Crippen LogP contribution in [0.3, 0.4) is 0 Å². The Hall–Kier alpha value is -2.38. The van der Waals surface area contributed by atoms with Gasteiger partial charge in [-0.15, -0.1) is 0 Å². The molecule has 0 fully saturated rings. The number of anilines is 1. The number of nitrogens with one attached hydrogen (secondary N) is 1. The number of thiazole rings is 1. The Labute approximate surface area is 153 Å². The molecule has 2 aromatic carbocycles. The van der Waals surface area contributed by atoms with Crippen molar-refractivity contribution in [2.45, 2.75) is 12.1 Å². The predicted octanol–water partition coefficient (Wildman–Crippen LogP) is 4.22. The van der Waals surface area contributed by atoms with Gasteiger partial charge in [-0.25, -0.2) is 9.97 Å². The molecule has 0 saturated carbocycles. The Kier molecular flexibility index (Phi) is 4.19. The van der Waals surface area contributed by atoms with Gasteiger partial charge in [-0.1, -0.05) is 41.3 Å². The van der Waals surface area contributed by atoms with Crippen LogP contribution in [0.4, 0.5) is 5.13 Å². The first-order valence-electron chi connectivity index (χ1n) is 7.81. The van der Waals surface area contributed by atoms with Crippen LogP contribution in [0.25, 0.3) is 21.3 Å². The Morgan fingerprint density at radius 2 is 2.04 bits per heavy atom. The van der Waals surface area contributed by atoms with Crippen molar-refractivity contribution in [3.63, 3.8) is 0 Å². The van der Waals surface area contributed by atoms with Crippen molar-refractivity contribution in [3.8, 4) is 0 Å². The maximum atomic E-state index is 12.3. The zero-order chi connectivity index (χ0) is 17.4. The number of aromatic nitrogens is 3. The summed E-state index contributed by atoms with van der Waals surface area (Å²) < 4.78 is 3.09. The number of imidazole rings is 1. The number of carbonyl (C=O) groups excluding carboxylic acids is 1. The third-order valence-electron chi connectivity index (χ3n) is 3.87. The molecule has 0 aliphatic rings. The summed E-state index contributed by atoms with van der Waals surface area (Å²) in [6, 6.07) is 14.0. The molecule has 5 nitrogen and oxygen atoms in total. The largest absolute Gasteiger partial charge is 0.322 e. The van der Waals surface area contributed by atoms with E-state index in [9.17, 15) is 4.79 Å². The van der Waals surface area contributed by atoms with Crippen molar-refractivity contribution in [1.82, 2.24) is 14.5 Å². The standard InChI is InChI=1S/C18H16N4OS2/c1-11-7-8-13-15(9-11)25-17(19-13)21-16(23)10-24-18-20-12-5-3-4-6-14(12)22(18)2/h3-9H,10H2,1-2H3,(H,19,21,23). The number of benzene rings is 2. The fourth-order valence-electron chi connectivity index (χ4n) is 2.62. The summed E-state index contributed by atoms with van der Waals surface area (Å²) in [5, 5.41) is 4.35. The van der Waals surface area contributed by atoms with E-state index < -0.39 is 0 Å². The molecular formula is C18H16N4OS2. The van der Waals surface area contributed by atoms with Gasteiger partial charge in [0.05, 0.1) is 27.0 Å². The number of carbonyl (C=O) groups is 1. The van der Waals surface area contributed by atoms with Crippen LogP contribution in [-0.2, 0) is 11.8 Å². The van der Waals surface area contributed by atoms with Crippen LogP contribution < -0.4 is 5.32 Å². The monoisotopic (exact) mass is 368 g/mol. The normalized spacial score (nSPS) is 11.3. The average Bonchev–Trinajstić information content (AvgIpc) is 3.13. The molecule has 0 unspecified atom stereocenters. The Balaban J connectivity index is 1.45. The number of para-hydroxylation sites is 2. The molecule has 126 valence electrons. The number of amides is 1. The van der Waals surface area contributed by atoms with Gasteiger partial charge >= 0.3 is 0 Å². The third-order valence-corrected chi connectivity index (χ3v) is 5.83. The highest BCUT2D eigenvalue weighted by Crippen LogP contribution is 2.27. The van der Waals surface area contributed by atoms with Crippen molar-refractivity contribution < 1.29 is 4.79 Å². The van der Waals surface area contributed by atoms with E-state index in [1.54, 1.807) is 0 Å². The van der Waals surface area contributed by atoms with E-state index in [0.29, 0.717) is 10.9 Å². The highest BCUT2D eigenvalue weighted by molar-refractivity contribution is 7.99. The molecule has 0 saturated heterocycles. The molecule has 0 spiro atoms. The SMILES string of the molecule is Cc1ccc2nc(NC(=O)CSc3nc4ccccc4n3C)sc2c1. The van der Waals surface area contributed by atoms with Gasteiger partial charge in [0.15, 0.2) is 10.3 Å². The second kappa shape index (κ2) is 6.50. The lowest BCUT2D eigenvalue weighted by Crippen LogP contribution is -2.14. The summed E-state index contributed by atoms with van der Waals surface area (Å²) in [7, 11) is 1.96. The lowest BCUT2D eigenvalue weighted by molar-refractivity contribution is -0.113. The summed E-state index contributed by atoms with van der Waals surface area (Å²) in [6.07, 6.45) is 0. The Bertz CT molecular complexity index is 1080. The van der Waals surface area contributed by atoms with Crippen LogP contribution in [-0.4, -0.2) is 26.2 Å². The molecule has 0 bridgehead atoms. The number of rotatable bonds is 4. The quantitative estimate of drug-likeness (QED) is 0.548. The molecule has 4 rings (SSSR count). The Morgan fingerprint density at radius 3 is 2.88 bits per heavy atom. The van der Waals surface area contributed by atoms with Gasteiger partial charge in [-0.05, 0) is 36.8 Å². The molecular weight excluding hydrogens is 352 g/mol. The van der Waals surface area contributed by atoms with Crippen LogP contribution in [0.1, 0.15) is 5.56 Å². The maximum Gasteiger partial charge on any atom is 0.236 e. The molecule has 1 N–H and O–H groups in total. The molecule has 0 aliphatic carbocycles. The van der Waals surface area contributed by atoms with Gasteiger partial charge in [0.25, 0.3) is 0 Å². The molecule has 25 heavy (non-hydrogen) atoms. The molecule has 0 aliphatic heterocycles. The van der Waals surface area contributed by atoms with Crippen molar-refractivity contribution in [2.24, 2.45) is 7.05 Å². The zero-order valence-corrected chi connectivity index (χ0v) is 15.4. The van der Waals surface area contributed by atoms with E-state index in [4.69, 9.17) is 0 Å². The minimum Gasteiger partial charge on any atom is -0.322 e. The summed E-state index contributed by atoms with van der Waals surface area (Å²) in [4.78, 5) is 21.3. The highest BCUT2D eigenvalue weighted by Gasteiger charge is 2.12. The number of thioether (sulfide) groups is 1. The van der Waals surface area contributed by atoms with Gasteiger partial charge in [-0.2, -0.15) is 0 Å². The van der Waals surface area contributed by atoms with E-state index in [1.165, 1.54) is 28.7 Å². The highest BCUT2D eigenvalue weighted by atomic mass is 32.2. The molecule has 0 radical (unpaired) electrons. The molecule has 0 atom stereocenters. The van der Waals surface area contributed by atoms with Crippen LogP contribution in [0, 0.1) is 6.92 Å². The summed E-state index contributed by atoms with van der Waals surface area (Å²) >= 11 is 2.92. The smallest absolute Gasteiger partial charge is 0.236 e. The molecule has 2 heterocycles. The lowest BCUT2D eigenvalue weighted by Gasteiger charge is -2.02. The fourth-order valence-corrected chi connectivity index (χ4v) is 4.39. The van der Waals surface area contributed by atoms with Crippen LogP contribution in [0.5, 0.6) is 0 Å². The van der Waals surface area contributed by atoms with Crippen LogP contribution in [0.15, 0.2) is 47.6 Å². The van der Waals surface area contributed by atoms with Gasteiger partial charge in [-0.3, -0.25) is 4.79 Å². The van der Waals surface area contributed by atoms with Gasteiger partial charge in [0, 0.05) is 7.05 Å². The predicted molar refractivity (Wildman–Crippen MR) is 104 cm³/mol.